The van der Waals surface area contributed by atoms with E-state index in [1.807, 2.05) is 0 Å². The molecule has 0 heterocycles. The van der Waals surface area contributed by atoms with Gasteiger partial charge in [0.25, 0.3) is 0 Å². The molecule has 154 valence electrons. The van der Waals surface area contributed by atoms with Gasteiger partial charge in [-0.2, -0.15) is 0 Å². The molecule has 26 heavy (non-hydrogen) atoms. The second kappa shape index (κ2) is 12.4. The van der Waals surface area contributed by atoms with Crippen molar-refractivity contribution in [2.45, 2.75) is 128 Å². The van der Waals surface area contributed by atoms with Gasteiger partial charge in [-0.1, -0.05) is 103 Å². The average Bonchev–Trinajstić information content (AvgIpc) is 2.76. The Morgan fingerprint density at radius 3 is 0.731 bits per heavy atom. The average molecular weight is 367 g/mol. The normalized spacial score (nSPS) is 27.0. The quantitative estimate of drug-likeness (QED) is 0.578. The van der Waals surface area contributed by atoms with Crippen LogP contribution in [0.25, 0.3) is 0 Å². The van der Waals surface area contributed by atoms with E-state index in [0.717, 1.165) is 25.7 Å². The molecule has 2 nitrogen and oxygen atoms in total. The highest BCUT2D eigenvalue weighted by molar-refractivity contribution is 4.98. The van der Waals surface area contributed by atoms with Gasteiger partial charge in [0.2, 0.25) is 0 Å². The van der Waals surface area contributed by atoms with Crippen molar-refractivity contribution in [1.82, 2.24) is 0 Å². The molecule has 2 fully saturated rings. The van der Waals surface area contributed by atoms with Crippen LogP contribution < -0.4 is 0 Å². The molecule has 0 spiro atoms. The summed E-state index contributed by atoms with van der Waals surface area (Å²) in [7, 11) is 0. The van der Waals surface area contributed by atoms with Crippen molar-refractivity contribution >= 4 is 0 Å². The highest BCUT2D eigenvalue weighted by Crippen LogP contribution is 2.53. The van der Waals surface area contributed by atoms with E-state index in [1.165, 1.54) is 103 Å². The molecule has 0 saturated heterocycles. The van der Waals surface area contributed by atoms with Crippen LogP contribution in [-0.2, 0) is 0 Å². The van der Waals surface area contributed by atoms with Crippen LogP contribution >= 0.6 is 0 Å². The van der Waals surface area contributed by atoms with Gasteiger partial charge in [-0.3, -0.25) is 0 Å². The molecule has 2 rings (SSSR count). The van der Waals surface area contributed by atoms with E-state index in [4.69, 9.17) is 0 Å². The molecule has 0 amide bonds. The third-order valence-corrected chi connectivity index (χ3v) is 7.85. The molecular formula is C24H46O2. The van der Waals surface area contributed by atoms with Gasteiger partial charge in [0.15, 0.2) is 0 Å². The van der Waals surface area contributed by atoms with Crippen molar-refractivity contribution in [3.05, 3.63) is 0 Å². The lowest BCUT2D eigenvalue weighted by atomic mass is 9.55. The Kier molecular flexibility index (Phi) is 10.6. The molecule has 0 aromatic rings. The highest BCUT2D eigenvalue weighted by atomic mass is 16.3. The van der Waals surface area contributed by atoms with Crippen LogP contribution in [0.15, 0.2) is 0 Å². The van der Waals surface area contributed by atoms with E-state index in [2.05, 4.69) is 0 Å². The zero-order valence-electron chi connectivity index (χ0n) is 17.5. The summed E-state index contributed by atoms with van der Waals surface area (Å²) >= 11 is 0. The second-order valence-electron chi connectivity index (χ2n) is 9.53. The Bertz CT molecular complexity index is 294. The van der Waals surface area contributed by atoms with Crippen LogP contribution in [0.3, 0.4) is 0 Å². The van der Waals surface area contributed by atoms with Crippen LogP contribution in [0.1, 0.15) is 128 Å². The number of aliphatic hydroxyl groups excluding tert-OH is 2. The molecule has 2 aliphatic rings. The largest absolute Gasteiger partial charge is 0.396 e. The summed E-state index contributed by atoms with van der Waals surface area (Å²) in [4.78, 5) is 0. The van der Waals surface area contributed by atoms with Gasteiger partial charge in [0.1, 0.15) is 0 Å². The molecule has 0 bridgehead atoms. The monoisotopic (exact) mass is 366 g/mol. The van der Waals surface area contributed by atoms with E-state index in [1.54, 1.807) is 0 Å². The van der Waals surface area contributed by atoms with Gasteiger partial charge < -0.3 is 10.2 Å². The maximum Gasteiger partial charge on any atom is 0.0493 e. The zero-order chi connectivity index (χ0) is 18.6. The zero-order valence-corrected chi connectivity index (χ0v) is 17.5. The summed E-state index contributed by atoms with van der Waals surface area (Å²) < 4.78 is 0. The smallest absolute Gasteiger partial charge is 0.0493 e. The third-order valence-electron chi connectivity index (χ3n) is 7.85. The van der Waals surface area contributed by atoms with Gasteiger partial charge in [0, 0.05) is 24.0 Å². The van der Waals surface area contributed by atoms with Crippen LogP contribution in [0, 0.1) is 10.8 Å². The minimum Gasteiger partial charge on any atom is -0.396 e. The summed E-state index contributed by atoms with van der Waals surface area (Å²) in [6, 6.07) is 0. The minimum absolute atomic E-state index is 0.0415. The predicted octanol–water partition coefficient (Wildman–Crippen LogP) is 6.77. The van der Waals surface area contributed by atoms with Gasteiger partial charge in [-0.05, 0) is 25.7 Å². The molecule has 2 N–H and O–H groups in total. The molecule has 0 aliphatic heterocycles. The maximum absolute atomic E-state index is 10.7. The van der Waals surface area contributed by atoms with E-state index in [0.29, 0.717) is 0 Å². The molecule has 0 atom stereocenters. The summed E-state index contributed by atoms with van der Waals surface area (Å²) in [6.07, 6.45) is 25.7. The molecule has 0 unspecified atom stereocenters. The van der Waals surface area contributed by atoms with E-state index in [-0.39, 0.29) is 24.0 Å². The van der Waals surface area contributed by atoms with E-state index < -0.39 is 0 Å². The van der Waals surface area contributed by atoms with Gasteiger partial charge in [-0.25, -0.2) is 0 Å². The summed E-state index contributed by atoms with van der Waals surface area (Å²) in [5, 5.41) is 21.3. The van der Waals surface area contributed by atoms with Crippen molar-refractivity contribution in [3.8, 4) is 0 Å². The fraction of sp³-hybridized carbons (Fsp3) is 1.00. The molecule has 2 heteroatoms. The summed E-state index contributed by atoms with van der Waals surface area (Å²) in [6.45, 7) is 0.571. The summed E-state index contributed by atoms with van der Waals surface area (Å²) in [5.41, 5.74) is -0.0830. The number of rotatable bonds is 3. The maximum atomic E-state index is 10.7. The molecule has 0 aromatic carbocycles. The van der Waals surface area contributed by atoms with Crippen molar-refractivity contribution in [2.24, 2.45) is 10.8 Å². The lowest BCUT2D eigenvalue weighted by Crippen LogP contribution is -2.48. The number of hydrogen-bond acceptors (Lipinski definition) is 2. The number of hydrogen-bond donors (Lipinski definition) is 2. The predicted molar refractivity (Wildman–Crippen MR) is 111 cm³/mol. The number of aliphatic hydroxyl groups is 2. The highest BCUT2D eigenvalue weighted by Gasteiger charge is 2.48. The first-order chi connectivity index (χ1) is 12.8. The third kappa shape index (κ3) is 6.23. The molecule has 0 radical (unpaired) electrons. The lowest BCUT2D eigenvalue weighted by Gasteiger charge is -2.50. The Morgan fingerprint density at radius 1 is 0.346 bits per heavy atom. The van der Waals surface area contributed by atoms with E-state index >= 15 is 0 Å². The van der Waals surface area contributed by atoms with Crippen molar-refractivity contribution in [2.75, 3.05) is 13.2 Å². The fourth-order valence-electron chi connectivity index (χ4n) is 5.94. The Hall–Kier alpha value is -0.0800. The van der Waals surface area contributed by atoms with Crippen LogP contribution in [0.4, 0.5) is 0 Å². The van der Waals surface area contributed by atoms with Crippen LogP contribution in [0.2, 0.25) is 0 Å². The van der Waals surface area contributed by atoms with Crippen molar-refractivity contribution in [1.29, 1.82) is 0 Å². The van der Waals surface area contributed by atoms with Crippen LogP contribution in [0.5, 0.6) is 0 Å². The first-order valence-electron chi connectivity index (χ1n) is 12.0. The van der Waals surface area contributed by atoms with Gasteiger partial charge >= 0.3 is 0 Å². The molecule has 2 saturated carbocycles. The molecular weight excluding hydrogens is 320 g/mol. The summed E-state index contributed by atoms with van der Waals surface area (Å²) in [5.74, 6) is 0. The van der Waals surface area contributed by atoms with E-state index in [9.17, 15) is 10.2 Å². The van der Waals surface area contributed by atoms with Crippen LogP contribution in [-0.4, -0.2) is 23.4 Å². The Morgan fingerprint density at radius 2 is 0.538 bits per heavy atom. The SMILES string of the molecule is OCC1(C2(CO)CCCCCCCCCC2)CCCCCCCCCC1. The first-order valence-corrected chi connectivity index (χ1v) is 12.0. The second-order valence-corrected chi connectivity index (χ2v) is 9.53. The van der Waals surface area contributed by atoms with Crippen molar-refractivity contribution < 1.29 is 10.2 Å². The Balaban J connectivity index is 2.20. The lowest BCUT2D eigenvalue weighted by molar-refractivity contribution is -0.0846. The minimum atomic E-state index is -0.0415. The Labute approximate surface area is 163 Å². The van der Waals surface area contributed by atoms with Crippen molar-refractivity contribution in [3.63, 3.8) is 0 Å². The molecule has 0 aromatic heterocycles. The standard InChI is InChI=1S/C24H46O2/c25-21-23(17-13-9-5-1-2-6-10-14-18-23)24(22-26)19-15-11-7-3-4-8-12-16-20-24/h25-26H,1-22H2. The van der Waals surface area contributed by atoms with Gasteiger partial charge in [0.05, 0.1) is 0 Å². The van der Waals surface area contributed by atoms with Gasteiger partial charge in [-0.15, -0.1) is 0 Å². The first kappa shape index (κ1) is 22.2. The fourth-order valence-corrected chi connectivity index (χ4v) is 5.94. The molecule has 2 aliphatic carbocycles. The topological polar surface area (TPSA) is 40.5 Å².